The van der Waals surface area contributed by atoms with E-state index in [0.717, 1.165) is 24.2 Å². The number of sulfonamides is 1. The van der Waals surface area contributed by atoms with Crippen LogP contribution in [0.1, 0.15) is 30.4 Å². The van der Waals surface area contributed by atoms with Crippen LogP contribution in [0.25, 0.3) is 0 Å². The molecule has 4 nitrogen and oxygen atoms in total. The maximum absolute atomic E-state index is 12.2. The molecule has 0 unspecified atom stereocenters. The first-order valence-corrected chi connectivity index (χ1v) is 10.6. The second kappa shape index (κ2) is 8.50. The second-order valence-corrected chi connectivity index (χ2v) is 8.52. The highest BCUT2D eigenvalue weighted by molar-refractivity contribution is 7.89. The molecule has 0 aromatic heterocycles. The Balaban J connectivity index is 1.50. The highest BCUT2D eigenvalue weighted by atomic mass is 32.2. The van der Waals surface area contributed by atoms with Gasteiger partial charge < -0.3 is 4.90 Å². The second-order valence-electron chi connectivity index (χ2n) is 6.59. The summed E-state index contributed by atoms with van der Waals surface area (Å²) >= 11 is 0. The van der Waals surface area contributed by atoms with Crippen molar-refractivity contribution in [1.29, 1.82) is 0 Å². The van der Waals surface area contributed by atoms with Gasteiger partial charge in [0.15, 0.2) is 0 Å². The Morgan fingerprint density at radius 3 is 2.20 bits per heavy atom. The summed E-state index contributed by atoms with van der Waals surface area (Å²) in [5.74, 6) is 0.114. The molecule has 0 bridgehead atoms. The molecule has 0 radical (unpaired) electrons. The molecular formula is C20H26N2O2S. The molecule has 2 aromatic rings. The van der Waals surface area contributed by atoms with E-state index in [0.29, 0.717) is 13.0 Å². The molecule has 5 heteroatoms. The molecule has 0 atom stereocenters. The highest BCUT2D eigenvalue weighted by Crippen LogP contribution is 2.20. The zero-order valence-electron chi connectivity index (χ0n) is 14.5. The van der Waals surface area contributed by atoms with Crippen LogP contribution >= 0.6 is 0 Å². The summed E-state index contributed by atoms with van der Waals surface area (Å²) in [6.45, 7) is 2.58. The zero-order valence-corrected chi connectivity index (χ0v) is 15.3. The summed E-state index contributed by atoms with van der Waals surface area (Å²) in [4.78, 5) is 2.40. The fourth-order valence-corrected chi connectivity index (χ4v) is 4.17. The van der Waals surface area contributed by atoms with Gasteiger partial charge in [-0.2, -0.15) is 0 Å². The van der Waals surface area contributed by atoms with Crippen molar-refractivity contribution < 1.29 is 8.42 Å². The van der Waals surface area contributed by atoms with Crippen molar-refractivity contribution in [2.24, 2.45) is 0 Å². The van der Waals surface area contributed by atoms with Gasteiger partial charge in [0, 0.05) is 25.3 Å². The van der Waals surface area contributed by atoms with E-state index in [4.69, 9.17) is 0 Å². The number of hydrogen-bond donors (Lipinski definition) is 1. The molecule has 3 rings (SSSR count). The Bertz CT molecular complexity index is 752. The molecule has 0 aliphatic carbocycles. The molecule has 134 valence electrons. The average Bonchev–Trinajstić information content (AvgIpc) is 2.67. The van der Waals surface area contributed by atoms with Crippen LogP contribution in [-0.2, 0) is 23.0 Å². The molecule has 25 heavy (non-hydrogen) atoms. The third kappa shape index (κ3) is 5.58. The number of piperidine rings is 1. The Labute approximate surface area is 150 Å². The summed E-state index contributed by atoms with van der Waals surface area (Å²) in [5.41, 5.74) is 3.26. The minimum Gasteiger partial charge on any atom is -0.372 e. The first kappa shape index (κ1) is 18.0. The van der Waals surface area contributed by atoms with Gasteiger partial charge >= 0.3 is 0 Å². The fraction of sp³-hybridized carbons (Fsp3) is 0.400. The third-order valence-electron chi connectivity index (χ3n) is 4.66. The first-order chi connectivity index (χ1) is 12.1. The molecule has 0 spiro atoms. The number of aryl methyl sites for hydroxylation is 1. The van der Waals surface area contributed by atoms with Crippen LogP contribution in [-0.4, -0.2) is 27.3 Å². The molecule has 1 heterocycles. The van der Waals surface area contributed by atoms with Crippen molar-refractivity contribution in [2.45, 2.75) is 32.2 Å². The van der Waals surface area contributed by atoms with Crippen molar-refractivity contribution in [3.8, 4) is 0 Å². The molecule has 1 aliphatic rings. The molecule has 1 aliphatic heterocycles. The van der Waals surface area contributed by atoms with E-state index < -0.39 is 10.0 Å². The normalized spacial score (nSPS) is 15.3. The maximum Gasteiger partial charge on any atom is 0.212 e. The average molecular weight is 359 g/mol. The van der Waals surface area contributed by atoms with Crippen LogP contribution in [0.2, 0.25) is 0 Å². The maximum atomic E-state index is 12.2. The summed E-state index contributed by atoms with van der Waals surface area (Å²) in [6, 6.07) is 17.9. The Hall–Kier alpha value is -1.85. The number of anilines is 1. The molecular weight excluding hydrogens is 332 g/mol. The summed E-state index contributed by atoms with van der Waals surface area (Å²) in [7, 11) is -3.27. The Morgan fingerprint density at radius 2 is 1.52 bits per heavy atom. The number of hydrogen-bond acceptors (Lipinski definition) is 3. The predicted molar refractivity (Wildman–Crippen MR) is 103 cm³/mol. The molecule has 1 fully saturated rings. The van der Waals surface area contributed by atoms with Crippen molar-refractivity contribution >= 4 is 15.7 Å². The molecule has 1 saturated heterocycles. The van der Waals surface area contributed by atoms with Crippen LogP contribution in [0.4, 0.5) is 5.69 Å². The first-order valence-electron chi connectivity index (χ1n) is 8.97. The van der Waals surface area contributed by atoms with E-state index in [2.05, 4.69) is 21.8 Å². The van der Waals surface area contributed by atoms with Crippen LogP contribution in [0.3, 0.4) is 0 Å². The van der Waals surface area contributed by atoms with Gasteiger partial charge in [-0.25, -0.2) is 13.1 Å². The topological polar surface area (TPSA) is 49.4 Å². The smallest absolute Gasteiger partial charge is 0.212 e. The van der Waals surface area contributed by atoms with E-state index in [1.165, 1.54) is 24.9 Å². The van der Waals surface area contributed by atoms with Crippen molar-refractivity contribution in [3.05, 3.63) is 65.7 Å². The third-order valence-corrected chi connectivity index (χ3v) is 5.98. The van der Waals surface area contributed by atoms with Gasteiger partial charge in [0.1, 0.15) is 0 Å². The highest BCUT2D eigenvalue weighted by Gasteiger charge is 2.12. The number of rotatable bonds is 7. The van der Waals surface area contributed by atoms with Crippen molar-refractivity contribution in [2.75, 3.05) is 23.7 Å². The number of nitrogens with one attached hydrogen (secondary N) is 1. The molecule has 0 saturated carbocycles. The SMILES string of the molecule is O=S(=O)(CCc1ccccc1)NCc1ccc(N2CCCCC2)cc1. The Kier molecular flexibility index (Phi) is 6.10. The lowest BCUT2D eigenvalue weighted by Gasteiger charge is -2.28. The number of benzene rings is 2. The van der Waals surface area contributed by atoms with E-state index in [1.807, 2.05) is 42.5 Å². The van der Waals surface area contributed by atoms with Crippen LogP contribution in [0.15, 0.2) is 54.6 Å². The standard InChI is InChI=1S/C20H26N2O2S/c23-25(24,16-13-18-7-3-1-4-8-18)21-17-19-9-11-20(12-10-19)22-14-5-2-6-15-22/h1,3-4,7-12,21H,2,5-6,13-17H2. The Morgan fingerprint density at radius 1 is 0.840 bits per heavy atom. The molecule has 1 N–H and O–H groups in total. The van der Waals surface area contributed by atoms with Gasteiger partial charge in [-0.15, -0.1) is 0 Å². The molecule has 2 aromatic carbocycles. The van der Waals surface area contributed by atoms with Gasteiger partial charge in [-0.3, -0.25) is 0 Å². The lowest BCUT2D eigenvalue weighted by molar-refractivity contribution is 0.577. The minimum atomic E-state index is -3.27. The molecule has 0 amide bonds. The van der Waals surface area contributed by atoms with Gasteiger partial charge in [0.2, 0.25) is 10.0 Å². The van der Waals surface area contributed by atoms with Crippen LogP contribution in [0, 0.1) is 0 Å². The zero-order chi connectivity index (χ0) is 17.5. The summed E-state index contributed by atoms with van der Waals surface area (Å²) < 4.78 is 27.0. The monoisotopic (exact) mass is 358 g/mol. The largest absolute Gasteiger partial charge is 0.372 e. The van der Waals surface area contributed by atoms with E-state index in [9.17, 15) is 8.42 Å². The van der Waals surface area contributed by atoms with E-state index >= 15 is 0 Å². The summed E-state index contributed by atoms with van der Waals surface area (Å²) in [5, 5.41) is 0. The van der Waals surface area contributed by atoms with Gasteiger partial charge in [-0.05, 0) is 48.9 Å². The van der Waals surface area contributed by atoms with Crippen molar-refractivity contribution in [3.63, 3.8) is 0 Å². The summed E-state index contributed by atoms with van der Waals surface area (Å²) in [6.07, 6.45) is 4.36. The van der Waals surface area contributed by atoms with Crippen molar-refractivity contribution in [1.82, 2.24) is 4.72 Å². The number of nitrogens with zero attached hydrogens (tertiary/aromatic N) is 1. The predicted octanol–water partition coefficient (Wildman–Crippen LogP) is 3.34. The van der Waals surface area contributed by atoms with Crippen LogP contribution < -0.4 is 9.62 Å². The van der Waals surface area contributed by atoms with Gasteiger partial charge in [0.05, 0.1) is 5.75 Å². The van der Waals surface area contributed by atoms with Crippen LogP contribution in [0.5, 0.6) is 0 Å². The quantitative estimate of drug-likeness (QED) is 0.826. The van der Waals surface area contributed by atoms with E-state index in [1.54, 1.807) is 0 Å². The van der Waals surface area contributed by atoms with Gasteiger partial charge in [0.25, 0.3) is 0 Å². The minimum absolute atomic E-state index is 0.114. The lowest BCUT2D eigenvalue weighted by Crippen LogP contribution is -2.29. The van der Waals surface area contributed by atoms with Gasteiger partial charge in [-0.1, -0.05) is 42.5 Å². The van der Waals surface area contributed by atoms with E-state index in [-0.39, 0.29) is 5.75 Å². The lowest BCUT2D eigenvalue weighted by atomic mass is 10.1. The fourth-order valence-electron chi connectivity index (χ4n) is 3.14.